The fourth-order valence-electron chi connectivity index (χ4n) is 2.40. The molecule has 0 aliphatic heterocycles. The van der Waals surface area contributed by atoms with E-state index >= 15 is 0 Å². The van der Waals surface area contributed by atoms with Crippen LogP contribution < -0.4 is 0 Å². The monoisotopic (exact) mass is 210 g/mol. The van der Waals surface area contributed by atoms with E-state index in [0.29, 0.717) is 17.9 Å². The van der Waals surface area contributed by atoms with Crippen LogP contribution in [0.5, 0.6) is 0 Å². The highest BCUT2D eigenvalue weighted by molar-refractivity contribution is 5.19. The van der Waals surface area contributed by atoms with Crippen molar-refractivity contribution in [1.29, 1.82) is 0 Å². The molecule has 0 unspecified atom stereocenters. The molecule has 0 spiro atoms. The number of rotatable bonds is 2. The minimum absolute atomic E-state index is 0.262. The lowest BCUT2D eigenvalue weighted by molar-refractivity contribution is 0.352. The van der Waals surface area contributed by atoms with Crippen molar-refractivity contribution in [3.8, 4) is 0 Å². The predicted octanol–water partition coefficient (Wildman–Crippen LogP) is 4.09. The van der Waals surface area contributed by atoms with Crippen LogP contribution in [0.4, 0.5) is 8.78 Å². The zero-order chi connectivity index (χ0) is 10.7. The molecular formula is C13H16F2. The molecule has 0 heterocycles. The molecule has 1 saturated carbocycles. The summed E-state index contributed by atoms with van der Waals surface area (Å²) < 4.78 is 26.3. The summed E-state index contributed by atoms with van der Waals surface area (Å²) in [7, 11) is 0. The maximum atomic E-state index is 13.4. The second-order valence-corrected chi connectivity index (χ2v) is 4.44. The van der Waals surface area contributed by atoms with Gasteiger partial charge in [0.1, 0.15) is 11.6 Å². The Balaban J connectivity index is 2.05. The van der Waals surface area contributed by atoms with Gasteiger partial charge in [-0.2, -0.15) is 0 Å². The van der Waals surface area contributed by atoms with E-state index in [2.05, 4.69) is 0 Å². The highest BCUT2D eigenvalue weighted by Gasteiger charge is 2.16. The van der Waals surface area contributed by atoms with Crippen molar-refractivity contribution in [2.24, 2.45) is 5.92 Å². The van der Waals surface area contributed by atoms with E-state index in [1.54, 1.807) is 0 Å². The molecule has 0 amide bonds. The molecule has 1 aliphatic carbocycles. The van der Waals surface area contributed by atoms with Crippen molar-refractivity contribution >= 4 is 0 Å². The van der Waals surface area contributed by atoms with Crippen LogP contribution in [0.2, 0.25) is 0 Å². The molecule has 15 heavy (non-hydrogen) atoms. The van der Waals surface area contributed by atoms with Crippen molar-refractivity contribution in [3.05, 3.63) is 35.4 Å². The van der Waals surface area contributed by atoms with Gasteiger partial charge in [-0.3, -0.25) is 0 Å². The van der Waals surface area contributed by atoms with Crippen LogP contribution in [0.1, 0.15) is 37.7 Å². The molecule has 82 valence electrons. The van der Waals surface area contributed by atoms with Crippen LogP contribution in [-0.2, 0) is 6.42 Å². The Kier molecular flexibility index (Phi) is 3.34. The molecule has 0 aromatic heterocycles. The normalized spacial score (nSPS) is 18.0. The predicted molar refractivity (Wildman–Crippen MR) is 56.6 cm³/mol. The van der Waals surface area contributed by atoms with Gasteiger partial charge in [0.25, 0.3) is 0 Å². The molecular weight excluding hydrogens is 194 g/mol. The Labute approximate surface area is 89.3 Å². The summed E-state index contributed by atoms with van der Waals surface area (Å²) in [5.41, 5.74) is 0.543. The third-order valence-electron chi connectivity index (χ3n) is 3.24. The van der Waals surface area contributed by atoms with Crippen LogP contribution in [0.15, 0.2) is 18.2 Å². The number of hydrogen-bond donors (Lipinski definition) is 0. The fourth-order valence-corrected chi connectivity index (χ4v) is 2.40. The summed E-state index contributed by atoms with van der Waals surface area (Å²) in [6.07, 6.45) is 6.79. The number of benzene rings is 1. The molecule has 2 heteroatoms. The van der Waals surface area contributed by atoms with E-state index in [0.717, 1.165) is 12.8 Å². The lowest BCUT2D eigenvalue weighted by atomic mass is 9.85. The molecule has 2 rings (SSSR count). The third-order valence-corrected chi connectivity index (χ3v) is 3.24. The van der Waals surface area contributed by atoms with Gasteiger partial charge in [-0.15, -0.1) is 0 Å². The van der Waals surface area contributed by atoms with Crippen LogP contribution in [0.3, 0.4) is 0 Å². The number of hydrogen-bond acceptors (Lipinski definition) is 0. The smallest absolute Gasteiger partial charge is 0.126 e. The van der Waals surface area contributed by atoms with E-state index in [1.165, 1.54) is 37.5 Å². The SMILES string of the molecule is Fc1ccc(F)c(CC2CCCCC2)c1. The second kappa shape index (κ2) is 4.73. The zero-order valence-corrected chi connectivity index (χ0v) is 8.81. The van der Waals surface area contributed by atoms with E-state index < -0.39 is 0 Å². The van der Waals surface area contributed by atoms with Gasteiger partial charge < -0.3 is 0 Å². The van der Waals surface area contributed by atoms with E-state index in [1.807, 2.05) is 0 Å². The van der Waals surface area contributed by atoms with Crippen LogP contribution in [-0.4, -0.2) is 0 Å². The average molecular weight is 210 g/mol. The fraction of sp³-hybridized carbons (Fsp3) is 0.538. The van der Waals surface area contributed by atoms with E-state index in [-0.39, 0.29) is 11.6 Å². The molecule has 0 N–H and O–H groups in total. The first-order chi connectivity index (χ1) is 7.25. The van der Waals surface area contributed by atoms with Gasteiger partial charge >= 0.3 is 0 Å². The van der Waals surface area contributed by atoms with Crippen molar-refractivity contribution in [2.45, 2.75) is 38.5 Å². The largest absolute Gasteiger partial charge is 0.207 e. The standard InChI is InChI=1S/C13H16F2/c14-12-6-7-13(15)11(9-12)8-10-4-2-1-3-5-10/h6-7,9-10H,1-5,8H2. The van der Waals surface area contributed by atoms with Gasteiger partial charge in [-0.1, -0.05) is 32.1 Å². The van der Waals surface area contributed by atoms with Gasteiger partial charge in [0.05, 0.1) is 0 Å². The summed E-state index contributed by atoms with van der Waals surface area (Å²) in [5.74, 6) is -0.0424. The summed E-state index contributed by atoms with van der Waals surface area (Å²) in [6.45, 7) is 0. The Morgan fingerprint density at radius 3 is 2.53 bits per heavy atom. The van der Waals surface area contributed by atoms with Gasteiger partial charge in [-0.05, 0) is 36.1 Å². The minimum Gasteiger partial charge on any atom is -0.207 e. The summed E-state index contributed by atoms with van der Waals surface area (Å²) in [4.78, 5) is 0. The molecule has 0 nitrogen and oxygen atoms in total. The summed E-state index contributed by atoms with van der Waals surface area (Å²) >= 11 is 0. The first-order valence-corrected chi connectivity index (χ1v) is 5.69. The molecule has 1 fully saturated rings. The number of halogens is 2. The molecule has 1 aromatic carbocycles. The Bertz CT molecular complexity index is 327. The lowest BCUT2D eigenvalue weighted by Crippen LogP contribution is -2.10. The maximum Gasteiger partial charge on any atom is 0.126 e. The van der Waals surface area contributed by atoms with Gasteiger partial charge in [0, 0.05) is 0 Å². The van der Waals surface area contributed by atoms with Crippen molar-refractivity contribution < 1.29 is 8.78 Å². The molecule has 0 radical (unpaired) electrons. The van der Waals surface area contributed by atoms with Crippen molar-refractivity contribution in [1.82, 2.24) is 0 Å². The third kappa shape index (κ3) is 2.77. The Morgan fingerprint density at radius 1 is 1.07 bits per heavy atom. The maximum absolute atomic E-state index is 13.4. The molecule has 1 aliphatic rings. The van der Waals surface area contributed by atoms with Gasteiger partial charge in [0.15, 0.2) is 0 Å². The molecule has 0 saturated heterocycles. The van der Waals surface area contributed by atoms with Crippen molar-refractivity contribution in [2.75, 3.05) is 0 Å². The first-order valence-electron chi connectivity index (χ1n) is 5.69. The second-order valence-electron chi connectivity index (χ2n) is 4.44. The summed E-state index contributed by atoms with van der Waals surface area (Å²) in [6, 6.07) is 3.75. The zero-order valence-electron chi connectivity index (χ0n) is 8.81. The van der Waals surface area contributed by atoms with E-state index in [9.17, 15) is 8.78 Å². The Morgan fingerprint density at radius 2 is 1.80 bits per heavy atom. The quantitative estimate of drug-likeness (QED) is 0.689. The van der Waals surface area contributed by atoms with E-state index in [4.69, 9.17) is 0 Å². The highest BCUT2D eigenvalue weighted by atomic mass is 19.1. The van der Waals surface area contributed by atoms with Crippen LogP contribution in [0, 0.1) is 17.6 Å². The molecule has 0 bridgehead atoms. The summed E-state index contributed by atoms with van der Waals surface area (Å²) in [5, 5.41) is 0. The van der Waals surface area contributed by atoms with Crippen molar-refractivity contribution in [3.63, 3.8) is 0 Å². The topological polar surface area (TPSA) is 0 Å². The first kappa shape index (κ1) is 10.6. The highest BCUT2D eigenvalue weighted by Crippen LogP contribution is 2.27. The lowest BCUT2D eigenvalue weighted by Gasteiger charge is -2.21. The Hall–Kier alpha value is -0.920. The van der Waals surface area contributed by atoms with Gasteiger partial charge in [0.2, 0.25) is 0 Å². The van der Waals surface area contributed by atoms with Crippen LogP contribution in [0.25, 0.3) is 0 Å². The van der Waals surface area contributed by atoms with Crippen LogP contribution >= 0.6 is 0 Å². The average Bonchev–Trinajstić information content (AvgIpc) is 2.25. The minimum atomic E-state index is -0.331. The van der Waals surface area contributed by atoms with Gasteiger partial charge in [-0.25, -0.2) is 8.78 Å². The molecule has 0 atom stereocenters. The molecule has 1 aromatic rings.